The SMILES string of the molecule is Cc1ccc(N)cc1C(=O)Nc1ccc(SC2CCCC2)cc1.Cl. The standard InChI is InChI=1S/C19H22N2OS.ClH/c1-13-6-7-14(20)12-18(13)19(22)21-15-8-10-17(11-9-15)23-16-4-2-3-5-16;/h6-12,16H,2-5,20H2,1H3,(H,21,22);1H. The van der Waals surface area contributed by atoms with Crippen LogP contribution in [-0.2, 0) is 0 Å². The molecule has 0 unspecified atom stereocenters. The Bertz CT molecular complexity index is 697. The first kappa shape index (κ1) is 18.7. The fraction of sp³-hybridized carbons (Fsp3) is 0.316. The highest BCUT2D eigenvalue weighted by Crippen LogP contribution is 2.35. The van der Waals surface area contributed by atoms with Crippen molar-refractivity contribution in [2.45, 2.75) is 42.8 Å². The Balaban J connectivity index is 0.00000208. The number of carbonyl (C=O) groups excluding carboxylic acids is 1. The molecular formula is C19H23ClN2OS. The van der Waals surface area contributed by atoms with Crippen LogP contribution in [0.5, 0.6) is 0 Å². The lowest BCUT2D eigenvalue weighted by Gasteiger charge is -2.11. The van der Waals surface area contributed by atoms with Crippen molar-refractivity contribution in [3.63, 3.8) is 0 Å². The molecule has 0 bridgehead atoms. The number of anilines is 2. The zero-order valence-corrected chi connectivity index (χ0v) is 15.4. The molecule has 1 saturated carbocycles. The molecule has 0 saturated heterocycles. The van der Waals surface area contributed by atoms with Gasteiger partial charge in [-0.3, -0.25) is 4.79 Å². The minimum absolute atomic E-state index is 0. The summed E-state index contributed by atoms with van der Waals surface area (Å²) >= 11 is 1.95. The van der Waals surface area contributed by atoms with Gasteiger partial charge >= 0.3 is 0 Å². The smallest absolute Gasteiger partial charge is 0.256 e. The Morgan fingerprint density at radius 3 is 2.46 bits per heavy atom. The number of thioether (sulfide) groups is 1. The number of benzene rings is 2. The number of nitrogens with two attached hydrogens (primary N) is 1. The Labute approximate surface area is 153 Å². The summed E-state index contributed by atoms with van der Waals surface area (Å²) in [5, 5.41) is 3.70. The number of nitrogens with one attached hydrogen (secondary N) is 1. The number of rotatable bonds is 4. The van der Waals surface area contributed by atoms with Crippen molar-refractivity contribution in [1.29, 1.82) is 0 Å². The van der Waals surface area contributed by atoms with Crippen LogP contribution in [0.4, 0.5) is 11.4 Å². The Hall–Kier alpha value is -1.65. The van der Waals surface area contributed by atoms with E-state index in [1.165, 1.54) is 30.6 Å². The summed E-state index contributed by atoms with van der Waals surface area (Å²) in [6, 6.07) is 13.5. The fourth-order valence-corrected chi connectivity index (χ4v) is 4.15. The summed E-state index contributed by atoms with van der Waals surface area (Å²) in [4.78, 5) is 13.7. The summed E-state index contributed by atoms with van der Waals surface area (Å²) in [6.07, 6.45) is 5.34. The van der Waals surface area contributed by atoms with Gasteiger partial charge in [-0.05, 0) is 61.7 Å². The highest BCUT2D eigenvalue weighted by atomic mass is 35.5. The lowest BCUT2D eigenvalue weighted by atomic mass is 10.1. The molecule has 24 heavy (non-hydrogen) atoms. The highest BCUT2D eigenvalue weighted by molar-refractivity contribution is 8.00. The maximum Gasteiger partial charge on any atom is 0.256 e. The predicted molar refractivity (Wildman–Crippen MR) is 105 cm³/mol. The first-order valence-corrected chi connectivity index (χ1v) is 8.94. The van der Waals surface area contributed by atoms with Gasteiger partial charge in [0.15, 0.2) is 0 Å². The van der Waals surface area contributed by atoms with E-state index in [1.807, 2.05) is 36.9 Å². The predicted octanol–water partition coefficient (Wildman–Crippen LogP) is 5.29. The largest absolute Gasteiger partial charge is 0.399 e. The lowest BCUT2D eigenvalue weighted by Crippen LogP contribution is -2.13. The van der Waals surface area contributed by atoms with Crippen molar-refractivity contribution < 1.29 is 4.79 Å². The fourth-order valence-electron chi connectivity index (χ4n) is 2.90. The molecule has 1 amide bonds. The molecule has 128 valence electrons. The minimum atomic E-state index is -0.119. The van der Waals surface area contributed by atoms with Crippen LogP contribution in [0, 0.1) is 6.92 Å². The molecule has 0 heterocycles. The molecule has 0 spiro atoms. The third-order valence-corrected chi connectivity index (χ3v) is 5.57. The number of aryl methyl sites for hydroxylation is 1. The van der Waals surface area contributed by atoms with E-state index in [4.69, 9.17) is 5.73 Å². The second kappa shape index (κ2) is 8.45. The monoisotopic (exact) mass is 362 g/mol. The second-order valence-corrected chi connectivity index (χ2v) is 7.45. The molecule has 1 aliphatic carbocycles. The van der Waals surface area contributed by atoms with Crippen molar-refractivity contribution in [3.05, 3.63) is 53.6 Å². The van der Waals surface area contributed by atoms with Gasteiger partial charge in [-0.15, -0.1) is 24.2 Å². The molecule has 0 aliphatic heterocycles. The summed E-state index contributed by atoms with van der Waals surface area (Å²) in [5.41, 5.74) is 8.73. The maximum absolute atomic E-state index is 12.4. The number of hydrogen-bond acceptors (Lipinski definition) is 3. The molecule has 0 radical (unpaired) electrons. The Kier molecular flexibility index (Phi) is 6.58. The van der Waals surface area contributed by atoms with Gasteiger partial charge in [0.2, 0.25) is 0 Å². The molecule has 1 aliphatic rings. The van der Waals surface area contributed by atoms with Gasteiger partial charge in [0.1, 0.15) is 0 Å². The van der Waals surface area contributed by atoms with E-state index in [-0.39, 0.29) is 18.3 Å². The summed E-state index contributed by atoms with van der Waals surface area (Å²) < 4.78 is 0. The molecule has 3 N–H and O–H groups in total. The summed E-state index contributed by atoms with van der Waals surface area (Å²) in [6.45, 7) is 1.91. The van der Waals surface area contributed by atoms with Crippen LogP contribution in [0.25, 0.3) is 0 Å². The molecule has 3 rings (SSSR count). The van der Waals surface area contributed by atoms with Crippen molar-refractivity contribution in [2.24, 2.45) is 0 Å². The van der Waals surface area contributed by atoms with Gasteiger partial charge in [0.25, 0.3) is 5.91 Å². The quantitative estimate of drug-likeness (QED) is 0.727. The van der Waals surface area contributed by atoms with Gasteiger partial charge in [-0.2, -0.15) is 0 Å². The van der Waals surface area contributed by atoms with E-state index in [0.29, 0.717) is 11.3 Å². The van der Waals surface area contributed by atoms with Crippen LogP contribution in [0.3, 0.4) is 0 Å². The molecule has 2 aromatic rings. The van der Waals surface area contributed by atoms with Crippen LogP contribution in [-0.4, -0.2) is 11.2 Å². The van der Waals surface area contributed by atoms with E-state index in [0.717, 1.165) is 16.5 Å². The molecule has 5 heteroatoms. The number of nitrogen functional groups attached to an aromatic ring is 1. The van der Waals surface area contributed by atoms with Gasteiger partial charge in [0.05, 0.1) is 0 Å². The number of halogens is 1. The number of hydrogen-bond donors (Lipinski definition) is 2. The Morgan fingerprint density at radius 2 is 1.79 bits per heavy atom. The number of carbonyl (C=O) groups is 1. The van der Waals surface area contributed by atoms with E-state index >= 15 is 0 Å². The summed E-state index contributed by atoms with van der Waals surface area (Å²) in [5.74, 6) is -0.119. The molecule has 0 aromatic heterocycles. The van der Waals surface area contributed by atoms with E-state index in [9.17, 15) is 4.79 Å². The van der Waals surface area contributed by atoms with Gasteiger partial charge < -0.3 is 11.1 Å². The zero-order chi connectivity index (χ0) is 16.2. The first-order valence-electron chi connectivity index (χ1n) is 8.06. The minimum Gasteiger partial charge on any atom is -0.399 e. The van der Waals surface area contributed by atoms with E-state index < -0.39 is 0 Å². The third kappa shape index (κ3) is 4.68. The average Bonchev–Trinajstić information content (AvgIpc) is 3.04. The van der Waals surface area contributed by atoms with Gasteiger partial charge in [-0.25, -0.2) is 0 Å². The van der Waals surface area contributed by atoms with Crippen molar-refractivity contribution in [1.82, 2.24) is 0 Å². The van der Waals surface area contributed by atoms with Crippen LogP contribution >= 0.6 is 24.2 Å². The van der Waals surface area contributed by atoms with Crippen LogP contribution in [0.15, 0.2) is 47.4 Å². The van der Waals surface area contributed by atoms with Gasteiger partial charge in [-0.1, -0.05) is 18.9 Å². The average molecular weight is 363 g/mol. The Morgan fingerprint density at radius 1 is 1.12 bits per heavy atom. The molecule has 2 aromatic carbocycles. The van der Waals surface area contributed by atoms with Crippen LogP contribution in [0.2, 0.25) is 0 Å². The van der Waals surface area contributed by atoms with Crippen LogP contribution in [0.1, 0.15) is 41.6 Å². The third-order valence-electron chi connectivity index (χ3n) is 4.22. The molecular weight excluding hydrogens is 340 g/mol. The molecule has 0 atom stereocenters. The molecule has 1 fully saturated rings. The van der Waals surface area contributed by atoms with Crippen molar-refractivity contribution in [2.75, 3.05) is 11.1 Å². The topological polar surface area (TPSA) is 55.1 Å². The van der Waals surface area contributed by atoms with Crippen molar-refractivity contribution >= 4 is 41.5 Å². The van der Waals surface area contributed by atoms with E-state index in [2.05, 4.69) is 17.4 Å². The highest BCUT2D eigenvalue weighted by Gasteiger charge is 2.16. The van der Waals surface area contributed by atoms with E-state index in [1.54, 1.807) is 12.1 Å². The van der Waals surface area contributed by atoms with Gasteiger partial charge in [0, 0.05) is 27.1 Å². The normalized spacial score (nSPS) is 14.2. The van der Waals surface area contributed by atoms with Crippen LogP contribution < -0.4 is 11.1 Å². The molecule has 3 nitrogen and oxygen atoms in total. The maximum atomic E-state index is 12.4. The summed E-state index contributed by atoms with van der Waals surface area (Å²) in [7, 11) is 0. The number of amides is 1. The first-order chi connectivity index (χ1) is 11.1. The van der Waals surface area contributed by atoms with Crippen molar-refractivity contribution in [3.8, 4) is 0 Å². The second-order valence-electron chi connectivity index (χ2n) is 6.08. The zero-order valence-electron chi connectivity index (χ0n) is 13.7. The lowest BCUT2D eigenvalue weighted by molar-refractivity contribution is 0.102.